The molecule has 3 N–H and O–H groups in total. The molecule has 0 saturated carbocycles. The van der Waals surface area contributed by atoms with Crippen LogP contribution in [-0.4, -0.2) is 46.7 Å². The van der Waals surface area contributed by atoms with E-state index in [4.69, 9.17) is 14.9 Å². The van der Waals surface area contributed by atoms with Gasteiger partial charge in [0.2, 0.25) is 0 Å². The Kier molecular flexibility index (Phi) is 15.5. The van der Waals surface area contributed by atoms with Gasteiger partial charge in [-0.3, -0.25) is 9.59 Å². The van der Waals surface area contributed by atoms with Gasteiger partial charge in [0, 0.05) is 19.0 Å². The highest BCUT2D eigenvalue weighted by Gasteiger charge is 2.23. The third kappa shape index (κ3) is 14.7. The van der Waals surface area contributed by atoms with Crippen molar-refractivity contribution in [2.75, 3.05) is 6.54 Å². The van der Waals surface area contributed by atoms with E-state index in [0.29, 0.717) is 37.8 Å². The molecule has 1 unspecified atom stereocenters. The number of benzene rings is 1. The lowest BCUT2D eigenvalue weighted by Gasteiger charge is -2.18. The summed E-state index contributed by atoms with van der Waals surface area (Å²) in [5.41, 5.74) is 0.910. The van der Waals surface area contributed by atoms with Gasteiger partial charge < -0.3 is 20.3 Å². The van der Waals surface area contributed by atoms with Crippen LogP contribution >= 0.6 is 0 Å². The zero-order valence-corrected chi connectivity index (χ0v) is 20.7. The smallest absolute Gasteiger partial charge is 0.338 e. The Bertz CT molecular complexity index is 817. The number of hydrogen-bond acceptors (Lipinski definition) is 5. The fraction of sp³-hybridized carbons (Fsp3) is 0.556. The zero-order valence-electron chi connectivity index (χ0n) is 20.7. The first-order valence-electron chi connectivity index (χ1n) is 12.5. The molecule has 0 aliphatic rings. The minimum absolute atomic E-state index is 0.108. The van der Waals surface area contributed by atoms with Crippen LogP contribution < -0.4 is 5.32 Å². The number of carboxylic acids is 2. The van der Waals surface area contributed by atoms with Crippen molar-refractivity contribution in [2.24, 2.45) is 0 Å². The average Bonchev–Trinajstić information content (AvgIpc) is 2.83. The van der Waals surface area contributed by atoms with Crippen molar-refractivity contribution in [3.63, 3.8) is 0 Å². The van der Waals surface area contributed by atoms with E-state index in [1.807, 2.05) is 0 Å². The minimum Gasteiger partial charge on any atom is -0.481 e. The first-order chi connectivity index (χ1) is 16.8. The van der Waals surface area contributed by atoms with Crippen molar-refractivity contribution in [1.82, 2.24) is 5.32 Å². The summed E-state index contributed by atoms with van der Waals surface area (Å²) >= 11 is 0. The van der Waals surface area contributed by atoms with Crippen molar-refractivity contribution in [3.05, 3.63) is 41.5 Å². The fourth-order valence-corrected chi connectivity index (χ4v) is 3.53. The monoisotopic (exact) mass is 489 g/mol. The average molecular weight is 490 g/mol. The van der Waals surface area contributed by atoms with Gasteiger partial charge in [-0.15, -0.1) is 0 Å². The lowest BCUT2D eigenvalue weighted by molar-refractivity contribution is -0.137. The van der Waals surface area contributed by atoms with Gasteiger partial charge in [0.1, 0.15) is 0 Å². The molecule has 1 aromatic carbocycles. The van der Waals surface area contributed by atoms with E-state index in [1.54, 1.807) is 12.1 Å². The number of carbonyl (C=O) groups is 4. The zero-order chi connectivity index (χ0) is 25.9. The highest BCUT2D eigenvalue weighted by Crippen LogP contribution is 2.14. The van der Waals surface area contributed by atoms with E-state index in [0.717, 1.165) is 31.8 Å². The number of unbranched alkanes of at least 4 members (excludes halogenated alkanes) is 8. The summed E-state index contributed by atoms with van der Waals surface area (Å²) in [5.74, 6) is -2.84. The molecule has 0 fully saturated rings. The predicted octanol–water partition coefficient (Wildman–Crippen LogP) is 5.21. The van der Waals surface area contributed by atoms with Gasteiger partial charge in [-0.2, -0.15) is 0 Å². The molecule has 1 aromatic rings. The van der Waals surface area contributed by atoms with Crippen LogP contribution in [-0.2, 0) is 19.1 Å². The molecule has 1 amide bonds. The SMILES string of the molecule is CCCCCCCCCC(OC(=O)c1ccc(/C=C/C(=O)O)cc1)C(=O)NCCCCCC(=O)O. The molecule has 8 nitrogen and oxygen atoms in total. The second-order valence-electron chi connectivity index (χ2n) is 8.59. The maximum absolute atomic E-state index is 12.7. The molecule has 0 radical (unpaired) electrons. The molecule has 35 heavy (non-hydrogen) atoms. The Morgan fingerprint density at radius 2 is 1.51 bits per heavy atom. The van der Waals surface area contributed by atoms with Crippen LogP contribution in [0, 0.1) is 0 Å². The van der Waals surface area contributed by atoms with Gasteiger partial charge in [0.25, 0.3) is 5.91 Å². The first-order valence-corrected chi connectivity index (χ1v) is 12.5. The van der Waals surface area contributed by atoms with Gasteiger partial charge in [0.05, 0.1) is 5.56 Å². The standard InChI is InChI=1S/C27H39NO7/c1-2-3-4-5-6-7-9-12-23(26(33)28-20-11-8-10-13-24(29)30)35-27(34)22-17-14-21(15-18-22)16-19-25(31)32/h14-19,23H,2-13,20H2,1H3,(H,28,33)(H,29,30)(H,31,32)/b19-16+. The molecule has 0 aliphatic heterocycles. The number of esters is 1. The lowest BCUT2D eigenvalue weighted by atomic mass is 10.1. The Labute approximate surface area is 207 Å². The Morgan fingerprint density at radius 3 is 2.14 bits per heavy atom. The van der Waals surface area contributed by atoms with Crippen molar-refractivity contribution in [3.8, 4) is 0 Å². The van der Waals surface area contributed by atoms with E-state index in [-0.39, 0.29) is 17.9 Å². The van der Waals surface area contributed by atoms with E-state index in [2.05, 4.69) is 12.2 Å². The number of hydrogen-bond donors (Lipinski definition) is 3. The van der Waals surface area contributed by atoms with Crippen LogP contribution in [0.15, 0.2) is 30.3 Å². The Balaban J connectivity index is 2.62. The van der Waals surface area contributed by atoms with Crippen molar-refractivity contribution in [2.45, 2.75) is 90.1 Å². The van der Waals surface area contributed by atoms with Gasteiger partial charge in [0.15, 0.2) is 6.10 Å². The summed E-state index contributed by atoms with van der Waals surface area (Å²) < 4.78 is 5.55. The highest BCUT2D eigenvalue weighted by atomic mass is 16.5. The van der Waals surface area contributed by atoms with Crippen LogP contribution in [0.25, 0.3) is 6.08 Å². The molecule has 1 rings (SSSR count). The van der Waals surface area contributed by atoms with Crippen LogP contribution in [0.1, 0.15) is 99.9 Å². The molecule has 0 spiro atoms. The number of ether oxygens (including phenoxy) is 1. The van der Waals surface area contributed by atoms with Crippen LogP contribution in [0.3, 0.4) is 0 Å². The quantitative estimate of drug-likeness (QED) is 0.138. The normalized spacial score (nSPS) is 11.8. The summed E-state index contributed by atoms with van der Waals surface area (Å²) in [4.78, 5) is 46.6. The Hall–Kier alpha value is -3.16. The van der Waals surface area contributed by atoms with E-state index in [9.17, 15) is 19.2 Å². The molecule has 194 valence electrons. The third-order valence-corrected chi connectivity index (χ3v) is 5.54. The molecular weight excluding hydrogens is 450 g/mol. The van der Waals surface area contributed by atoms with E-state index in [1.165, 1.54) is 37.5 Å². The number of carboxylic acid groups (broad SMARTS) is 2. The molecule has 0 saturated heterocycles. The van der Waals surface area contributed by atoms with Gasteiger partial charge in [-0.1, -0.05) is 64.0 Å². The maximum Gasteiger partial charge on any atom is 0.338 e. The molecule has 0 aliphatic carbocycles. The van der Waals surface area contributed by atoms with Crippen molar-refractivity contribution < 1.29 is 34.1 Å². The number of rotatable bonds is 19. The highest BCUT2D eigenvalue weighted by molar-refractivity contribution is 5.92. The first kappa shape index (κ1) is 29.9. The predicted molar refractivity (Wildman–Crippen MR) is 134 cm³/mol. The number of amides is 1. The van der Waals surface area contributed by atoms with Crippen molar-refractivity contribution in [1.29, 1.82) is 0 Å². The van der Waals surface area contributed by atoms with E-state index >= 15 is 0 Å². The summed E-state index contributed by atoms with van der Waals surface area (Å²) in [6, 6.07) is 6.29. The molecular formula is C27H39NO7. The Morgan fingerprint density at radius 1 is 0.886 bits per heavy atom. The molecule has 1 atom stereocenters. The number of carbonyl (C=O) groups excluding carboxylic acids is 2. The fourth-order valence-electron chi connectivity index (χ4n) is 3.53. The second-order valence-corrected chi connectivity index (χ2v) is 8.59. The number of nitrogens with one attached hydrogen (secondary N) is 1. The van der Waals surface area contributed by atoms with Crippen LogP contribution in [0.4, 0.5) is 0 Å². The van der Waals surface area contributed by atoms with E-state index < -0.39 is 24.0 Å². The minimum atomic E-state index is -1.06. The lowest BCUT2D eigenvalue weighted by Crippen LogP contribution is -2.38. The molecule has 8 heteroatoms. The summed E-state index contributed by atoms with van der Waals surface area (Å²) in [5, 5.41) is 20.2. The topological polar surface area (TPSA) is 130 Å². The third-order valence-electron chi connectivity index (χ3n) is 5.54. The number of aliphatic carboxylic acids is 2. The summed E-state index contributed by atoms with van der Waals surface area (Å²) in [6.07, 6.45) is 11.6. The van der Waals surface area contributed by atoms with Gasteiger partial charge in [-0.25, -0.2) is 9.59 Å². The maximum atomic E-state index is 12.7. The largest absolute Gasteiger partial charge is 0.481 e. The molecule has 0 bridgehead atoms. The summed E-state index contributed by atoms with van der Waals surface area (Å²) in [6.45, 7) is 2.57. The van der Waals surface area contributed by atoms with Crippen molar-refractivity contribution >= 4 is 29.9 Å². The second kappa shape index (κ2) is 18.2. The molecule has 0 aromatic heterocycles. The van der Waals surface area contributed by atoms with Gasteiger partial charge in [-0.05, 0) is 49.5 Å². The summed E-state index contributed by atoms with van der Waals surface area (Å²) in [7, 11) is 0. The van der Waals surface area contributed by atoms with Crippen LogP contribution in [0.5, 0.6) is 0 Å². The van der Waals surface area contributed by atoms with Crippen LogP contribution in [0.2, 0.25) is 0 Å². The molecule has 0 heterocycles. The van der Waals surface area contributed by atoms with Gasteiger partial charge >= 0.3 is 17.9 Å².